The molecule has 0 aliphatic carbocycles. The molecule has 1 aromatic carbocycles. The number of benzene rings is 1. The van der Waals surface area contributed by atoms with Crippen LogP contribution in [0, 0.1) is 6.92 Å². The van der Waals surface area contributed by atoms with Crippen LogP contribution in [0.4, 0.5) is 0 Å². The van der Waals surface area contributed by atoms with Crippen LogP contribution in [0.3, 0.4) is 0 Å². The van der Waals surface area contributed by atoms with Gasteiger partial charge in [0.05, 0.1) is 6.10 Å². The first-order valence-corrected chi connectivity index (χ1v) is 6.83. The first-order chi connectivity index (χ1) is 8.22. The SMILES string of the molecule is CCC(c1ccccc1)C(O)c1ccc(C)s1. The second kappa shape index (κ2) is 5.48. The van der Waals surface area contributed by atoms with Gasteiger partial charge < -0.3 is 5.11 Å². The van der Waals surface area contributed by atoms with Crippen LogP contribution in [0.15, 0.2) is 42.5 Å². The summed E-state index contributed by atoms with van der Waals surface area (Å²) in [7, 11) is 0. The van der Waals surface area contributed by atoms with Gasteiger partial charge >= 0.3 is 0 Å². The molecule has 0 spiro atoms. The summed E-state index contributed by atoms with van der Waals surface area (Å²) in [6, 6.07) is 14.4. The highest BCUT2D eigenvalue weighted by Gasteiger charge is 2.21. The normalized spacial score (nSPS) is 14.5. The average Bonchev–Trinajstić information content (AvgIpc) is 2.78. The van der Waals surface area contributed by atoms with Gasteiger partial charge in [0.25, 0.3) is 0 Å². The van der Waals surface area contributed by atoms with Crippen LogP contribution >= 0.6 is 11.3 Å². The molecule has 2 aromatic rings. The molecule has 0 aliphatic rings. The Kier molecular flexibility index (Phi) is 3.97. The third-order valence-electron chi connectivity index (χ3n) is 3.10. The quantitative estimate of drug-likeness (QED) is 0.853. The number of aryl methyl sites for hydroxylation is 1. The number of aliphatic hydroxyl groups excluding tert-OH is 1. The molecular weight excluding hydrogens is 228 g/mol. The van der Waals surface area contributed by atoms with Crippen LogP contribution in [0.25, 0.3) is 0 Å². The lowest BCUT2D eigenvalue weighted by atomic mass is 9.90. The molecule has 90 valence electrons. The van der Waals surface area contributed by atoms with Gasteiger partial charge in [-0.1, -0.05) is 37.3 Å². The summed E-state index contributed by atoms with van der Waals surface area (Å²) in [5.74, 6) is 0.189. The van der Waals surface area contributed by atoms with E-state index in [0.29, 0.717) is 0 Å². The fourth-order valence-electron chi connectivity index (χ4n) is 2.15. The van der Waals surface area contributed by atoms with Crippen LogP contribution in [0.5, 0.6) is 0 Å². The van der Waals surface area contributed by atoms with E-state index in [0.717, 1.165) is 11.3 Å². The van der Waals surface area contributed by atoms with Crippen molar-refractivity contribution in [2.45, 2.75) is 32.3 Å². The molecule has 1 nitrogen and oxygen atoms in total. The van der Waals surface area contributed by atoms with Gasteiger partial charge in [-0.25, -0.2) is 0 Å². The zero-order chi connectivity index (χ0) is 12.3. The van der Waals surface area contributed by atoms with Gasteiger partial charge in [0.15, 0.2) is 0 Å². The molecule has 1 N–H and O–H groups in total. The van der Waals surface area contributed by atoms with E-state index in [2.05, 4.69) is 32.0 Å². The minimum atomic E-state index is -0.388. The lowest BCUT2D eigenvalue weighted by Gasteiger charge is -2.21. The molecule has 2 atom stereocenters. The number of aliphatic hydroxyl groups is 1. The Morgan fingerprint density at radius 2 is 1.82 bits per heavy atom. The zero-order valence-corrected chi connectivity index (χ0v) is 11.1. The summed E-state index contributed by atoms with van der Waals surface area (Å²) in [4.78, 5) is 2.32. The van der Waals surface area contributed by atoms with Crippen molar-refractivity contribution in [3.05, 3.63) is 57.8 Å². The van der Waals surface area contributed by atoms with Gasteiger partial charge in [0.1, 0.15) is 0 Å². The largest absolute Gasteiger partial charge is 0.387 e. The predicted octanol–water partition coefficient (Wildman–Crippen LogP) is 4.28. The summed E-state index contributed by atoms with van der Waals surface area (Å²) < 4.78 is 0. The minimum absolute atomic E-state index is 0.189. The van der Waals surface area contributed by atoms with Crippen LogP contribution in [-0.2, 0) is 0 Å². The van der Waals surface area contributed by atoms with E-state index >= 15 is 0 Å². The van der Waals surface area contributed by atoms with E-state index in [-0.39, 0.29) is 12.0 Å². The molecule has 0 bridgehead atoms. The zero-order valence-electron chi connectivity index (χ0n) is 10.3. The molecule has 2 unspecified atom stereocenters. The topological polar surface area (TPSA) is 20.2 Å². The average molecular weight is 246 g/mol. The van der Waals surface area contributed by atoms with Crippen LogP contribution < -0.4 is 0 Å². The highest BCUT2D eigenvalue weighted by Crippen LogP contribution is 2.36. The second-order valence-electron chi connectivity index (χ2n) is 4.32. The fraction of sp³-hybridized carbons (Fsp3) is 0.333. The molecular formula is C15H18OS. The number of rotatable bonds is 4. The summed E-state index contributed by atoms with van der Waals surface area (Å²) in [5, 5.41) is 10.5. The van der Waals surface area contributed by atoms with E-state index in [1.807, 2.05) is 24.3 Å². The van der Waals surface area contributed by atoms with Gasteiger partial charge in [-0.2, -0.15) is 0 Å². The number of thiophene rings is 1. The number of hydrogen-bond acceptors (Lipinski definition) is 2. The van der Waals surface area contributed by atoms with Crippen LogP contribution in [-0.4, -0.2) is 5.11 Å². The van der Waals surface area contributed by atoms with Crippen molar-refractivity contribution in [3.63, 3.8) is 0 Å². The highest BCUT2D eigenvalue weighted by molar-refractivity contribution is 7.12. The Labute approximate surface area is 107 Å². The summed E-state index contributed by atoms with van der Waals surface area (Å²) in [6.45, 7) is 4.20. The van der Waals surface area contributed by atoms with E-state index in [1.165, 1.54) is 10.4 Å². The van der Waals surface area contributed by atoms with E-state index in [1.54, 1.807) is 11.3 Å². The van der Waals surface area contributed by atoms with Crippen molar-refractivity contribution in [2.75, 3.05) is 0 Å². The molecule has 1 heterocycles. The molecule has 0 saturated heterocycles. The third kappa shape index (κ3) is 2.76. The standard InChI is InChI=1S/C15H18OS/c1-3-13(12-7-5-4-6-8-12)15(16)14-10-9-11(2)17-14/h4-10,13,15-16H,3H2,1-2H3. The molecule has 0 radical (unpaired) electrons. The summed E-state index contributed by atoms with van der Waals surface area (Å²) in [6.07, 6.45) is 0.559. The highest BCUT2D eigenvalue weighted by atomic mass is 32.1. The van der Waals surface area contributed by atoms with Crippen molar-refractivity contribution in [2.24, 2.45) is 0 Å². The van der Waals surface area contributed by atoms with Crippen LogP contribution in [0.2, 0.25) is 0 Å². The Balaban J connectivity index is 2.25. The Morgan fingerprint density at radius 1 is 1.12 bits per heavy atom. The van der Waals surface area contributed by atoms with Crippen LogP contribution in [0.1, 0.15) is 40.7 Å². The van der Waals surface area contributed by atoms with Gasteiger partial charge in [-0.3, -0.25) is 0 Å². The van der Waals surface area contributed by atoms with Crippen molar-refractivity contribution in [3.8, 4) is 0 Å². The molecule has 17 heavy (non-hydrogen) atoms. The maximum absolute atomic E-state index is 10.5. The fourth-order valence-corrected chi connectivity index (χ4v) is 3.08. The summed E-state index contributed by atoms with van der Waals surface area (Å²) >= 11 is 1.68. The molecule has 0 saturated carbocycles. The van der Waals surface area contributed by atoms with Crippen molar-refractivity contribution in [1.29, 1.82) is 0 Å². The first-order valence-electron chi connectivity index (χ1n) is 6.01. The van der Waals surface area contributed by atoms with E-state index < -0.39 is 0 Å². The van der Waals surface area contributed by atoms with Crippen molar-refractivity contribution >= 4 is 11.3 Å². The molecule has 1 aromatic heterocycles. The molecule has 0 fully saturated rings. The monoisotopic (exact) mass is 246 g/mol. The molecule has 0 aliphatic heterocycles. The Morgan fingerprint density at radius 3 is 2.35 bits per heavy atom. The lowest BCUT2D eigenvalue weighted by Crippen LogP contribution is -2.08. The predicted molar refractivity (Wildman–Crippen MR) is 73.5 cm³/mol. The summed E-state index contributed by atoms with van der Waals surface area (Å²) in [5.41, 5.74) is 1.22. The lowest BCUT2D eigenvalue weighted by molar-refractivity contribution is 0.146. The van der Waals surface area contributed by atoms with Gasteiger partial charge in [0.2, 0.25) is 0 Å². The third-order valence-corrected chi connectivity index (χ3v) is 4.17. The van der Waals surface area contributed by atoms with Gasteiger partial charge in [-0.05, 0) is 31.0 Å². The minimum Gasteiger partial charge on any atom is -0.387 e. The maximum atomic E-state index is 10.5. The van der Waals surface area contributed by atoms with Gasteiger partial charge in [-0.15, -0.1) is 11.3 Å². The second-order valence-corrected chi connectivity index (χ2v) is 5.64. The smallest absolute Gasteiger partial charge is 0.0950 e. The van der Waals surface area contributed by atoms with Gasteiger partial charge in [0, 0.05) is 15.7 Å². The van der Waals surface area contributed by atoms with Crippen molar-refractivity contribution < 1.29 is 5.11 Å². The van der Waals surface area contributed by atoms with E-state index in [9.17, 15) is 5.11 Å². The molecule has 2 rings (SSSR count). The first kappa shape index (κ1) is 12.3. The molecule has 2 heteroatoms. The van der Waals surface area contributed by atoms with Crippen molar-refractivity contribution in [1.82, 2.24) is 0 Å². The maximum Gasteiger partial charge on any atom is 0.0950 e. The van der Waals surface area contributed by atoms with E-state index in [4.69, 9.17) is 0 Å². The number of hydrogen-bond donors (Lipinski definition) is 1. The Hall–Kier alpha value is -1.12. The molecule has 0 amide bonds. The Bertz CT molecular complexity index is 461.